The highest BCUT2D eigenvalue weighted by molar-refractivity contribution is 7.89. The first kappa shape index (κ1) is 25.7. The fourth-order valence-corrected chi connectivity index (χ4v) is 5.17. The molecule has 2 aromatic rings. The van der Waals surface area contributed by atoms with Gasteiger partial charge < -0.3 is 19.9 Å². The third-order valence-corrected chi connectivity index (χ3v) is 6.73. The van der Waals surface area contributed by atoms with E-state index in [1.807, 2.05) is 50.2 Å². The second kappa shape index (κ2) is 11.0. The van der Waals surface area contributed by atoms with Gasteiger partial charge in [0, 0.05) is 11.5 Å². The Kier molecular flexibility index (Phi) is 8.29. The fourth-order valence-electron chi connectivity index (χ4n) is 3.85. The second-order valence-corrected chi connectivity index (χ2v) is 10.7. The predicted octanol–water partition coefficient (Wildman–Crippen LogP) is 2.07. The van der Waals surface area contributed by atoms with Crippen LogP contribution in [-0.2, 0) is 26.2 Å². The fraction of sp³-hybridized carbons (Fsp3) is 0.417. The molecule has 0 aliphatic carbocycles. The SMILES string of the molecule is CC1(C)CC(CS(=O)(=O)NCC(=O)CNCC(=O)O)c2cc(OCc3ccccc3)ccc2O1. The van der Waals surface area contributed by atoms with E-state index in [1.54, 1.807) is 12.1 Å². The van der Waals surface area contributed by atoms with Crippen LogP contribution < -0.4 is 19.5 Å². The van der Waals surface area contributed by atoms with Gasteiger partial charge in [0.1, 0.15) is 23.7 Å². The molecule has 9 nitrogen and oxygen atoms in total. The van der Waals surface area contributed by atoms with Crippen LogP contribution in [0.2, 0.25) is 0 Å². The molecule has 1 unspecified atom stereocenters. The maximum absolute atomic E-state index is 12.8. The monoisotopic (exact) mass is 490 g/mol. The molecule has 1 aliphatic heterocycles. The highest BCUT2D eigenvalue weighted by Crippen LogP contribution is 2.43. The van der Waals surface area contributed by atoms with E-state index in [0.717, 1.165) is 11.1 Å². The number of carboxylic acid groups (broad SMARTS) is 1. The first-order valence-corrected chi connectivity index (χ1v) is 12.6. The van der Waals surface area contributed by atoms with Crippen molar-refractivity contribution < 1.29 is 32.6 Å². The maximum Gasteiger partial charge on any atom is 0.317 e. The van der Waals surface area contributed by atoms with E-state index < -0.39 is 33.9 Å². The Morgan fingerprint density at radius 3 is 2.56 bits per heavy atom. The van der Waals surface area contributed by atoms with E-state index in [9.17, 15) is 18.0 Å². The van der Waals surface area contributed by atoms with Crippen LogP contribution in [0, 0.1) is 0 Å². The molecular weight excluding hydrogens is 460 g/mol. The highest BCUT2D eigenvalue weighted by atomic mass is 32.2. The van der Waals surface area contributed by atoms with Gasteiger partial charge in [-0.3, -0.25) is 9.59 Å². The van der Waals surface area contributed by atoms with Crippen molar-refractivity contribution in [1.29, 1.82) is 0 Å². The molecule has 1 heterocycles. The second-order valence-electron chi connectivity index (χ2n) is 8.88. The quantitative estimate of drug-likeness (QED) is 0.412. The number of carbonyl (C=O) groups is 2. The average molecular weight is 491 g/mol. The van der Waals surface area contributed by atoms with E-state index in [4.69, 9.17) is 14.6 Å². The summed E-state index contributed by atoms with van der Waals surface area (Å²) in [7, 11) is -3.79. The first-order valence-electron chi connectivity index (χ1n) is 10.9. The molecule has 0 aromatic heterocycles. The number of hydrogen-bond donors (Lipinski definition) is 3. The molecule has 1 atom stereocenters. The van der Waals surface area contributed by atoms with Gasteiger partial charge in [0.2, 0.25) is 10.0 Å². The number of fused-ring (bicyclic) bond motifs is 1. The van der Waals surface area contributed by atoms with E-state index in [-0.39, 0.29) is 24.8 Å². The minimum atomic E-state index is -3.79. The van der Waals surface area contributed by atoms with Crippen LogP contribution in [0.25, 0.3) is 0 Å². The first-order chi connectivity index (χ1) is 16.0. The summed E-state index contributed by atoms with van der Waals surface area (Å²) >= 11 is 0. The summed E-state index contributed by atoms with van der Waals surface area (Å²) in [4.78, 5) is 22.4. The van der Waals surface area contributed by atoms with Gasteiger partial charge >= 0.3 is 5.97 Å². The van der Waals surface area contributed by atoms with Crippen molar-refractivity contribution >= 4 is 21.8 Å². The zero-order valence-electron chi connectivity index (χ0n) is 19.2. The number of aliphatic carboxylic acids is 1. The van der Waals surface area contributed by atoms with Gasteiger partial charge in [-0.05, 0) is 44.0 Å². The van der Waals surface area contributed by atoms with Crippen molar-refractivity contribution in [3.05, 3.63) is 59.7 Å². The zero-order valence-corrected chi connectivity index (χ0v) is 20.1. The molecule has 3 N–H and O–H groups in total. The summed E-state index contributed by atoms with van der Waals surface area (Å²) in [5.41, 5.74) is 1.20. The van der Waals surface area contributed by atoms with E-state index in [2.05, 4.69) is 10.0 Å². The molecule has 10 heteroatoms. The van der Waals surface area contributed by atoms with Crippen LogP contribution in [0.5, 0.6) is 11.5 Å². The number of hydrogen-bond acceptors (Lipinski definition) is 7. The normalized spacial score (nSPS) is 16.8. The topological polar surface area (TPSA) is 131 Å². The lowest BCUT2D eigenvalue weighted by molar-refractivity contribution is -0.135. The van der Waals surface area contributed by atoms with E-state index in [1.165, 1.54) is 0 Å². The van der Waals surface area contributed by atoms with E-state index >= 15 is 0 Å². The highest BCUT2D eigenvalue weighted by Gasteiger charge is 2.36. The van der Waals surface area contributed by atoms with Gasteiger partial charge in [-0.2, -0.15) is 0 Å². The minimum absolute atomic E-state index is 0.217. The van der Waals surface area contributed by atoms with Crippen LogP contribution in [0.1, 0.15) is 37.3 Å². The molecule has 0 radical (unpaired) electrons. The third kappa shape index (κ3) is 7.82. The summed E-state index contributed by atoms with van der Waals surface area (Å²) in [6.07, 6.45) is 0.469. The third-order valence-electron chi connectivity index (χ3n) is 5.30. The zero-order chi connectivity index (χ0) is 24.8. The molecule has 0 fully saturated rings. The van der Waals surface area contributed by atoms with Crippen molar-refractivity contribution in [3.8, 4) is 11.5 Å². The Hall–Kier alpha value is -2.95. The predicted molar refractivity (Wildman–Crippen MR) is 127 cm³/mol. The molecule has 1 aliphatic rings. The van der Waals surface area contributed by atoms with Gasteiger partial charge in [-0.25, -0.2) is 13.1 Å². The lowest BCUT2D eigenvalue weighted by atomic mass is 9.85. The molecule has 2 aromatic carbocycles. The lowest BCUT2D eigenvalue weighted by Gasteiger charge is -2.37. The number of rotatable bonds is 12. The van der Waals surface area contributed by atoms with Crippen LogP contribution in [0.15, 0.2) is 48.5 Å². The summed E-state index contributed by atoms with van der Waals surface area (Å²) in [5, 5.41) is 11.0. The number of Topliss-reactive ketones (excluding diaryl/α,β-unsaturated/α-hetero) is 1. The summed E-state index contributed by atoms with van der Waals surface area (Å²) < 4.78 is 39.8. The molecule has 3 rings (SSSR count). The Labute approximate surface area is 199 Å². The number of nitrogens with one attached hydrogen (secondary N) is 2. The number of benzene rings is 2. The number of ketones is 1. The number of carbonyl (C=O) groups excluding carboxylic acids is 1. The molecule has 0 bridgehead atoms. The largest absolute Gasteiger partial charge is 0.489 e. The van der Waals surface area contributed by atoms with Gasteiger partial charge in [0.25, 0.3) is 0 Å². The van der Waals surface area contributed by atoms with Crippen molar-refractivity contribution in [2.45, 2.75) is 38.4 Å². The van der Waals surface area contributed by atoms with Crippen LogP contribution >= 0.6 is 0 Å². The molecular formula is C24H30N2O7S. The summed E-state index contributed by atoms with van der Waals surface area (Å²) in [6.45, 7) is 3.18. The molecule has 34 heavy (non-hydrogen) atoms. The van der Waals surface area contributed by atoms with Crippen molar-refractivity contribution in [3.63, 3.8) is 0 Å². The Bertz CT molecular complexity index is 1120. The summed E-state index contributed by atoms with van der Waals surface area (Å²) in [5.74, 6) is -0.907. The van der Waals surface area contributed by atoms with Crippen molar-refractivity contribution in [1.82, 2.24) is 10.0 Å². The smallest absolute Gasteiger partial charge is 0.317 e. The number of carboxylic acids is 1. The van der Waals surface area contributed by atoms with E-state index in [0.29, 0.717) is 24.5 Å². The van der Waals surface area contributed by atoms with Crippen molar-refractivity contribution in [2.75, 3.05) is 25.4 Å². The minimum Gasteiger partial charge on any atom is -0.489 e. The number of ether oxygens (including phenoxy) is 2. The molecule has 0 spiro atoms. The average Bonchev–Trinajstić information content (AvgIpc) is 2.76. The molecule has 0 saturated carbocycles. The Morgan fingerprint density at radius 2 is 1.85 bits per heavy atom. The van der Waals surface area contributed by atoms with Gasteiger partial charge in [-0.15, -0.1) is 0 Å². The number of sulfonamides is 1. The Balaban J connectivity index is 1.67. The van der Waals surface area contributed by atoms with Gasteiger partial charge in [0.15, 0.2) is 5.78 Å². The van der Waals surface area contributed by atoms with Crippen LogP contribution in [0.4, 0.5) is 0 Å². The standard InChI is InChI=1S/C24H30N2O7S/c1-24(2)11-18(16-34(30,31)26-13-19(27)12-25-14-23(28)29)21-10-20(8-9-22(21)33-24)32-15-17-6-4-3-5-7-17/h3-10,18,25-26H,11-16H2,1-2H3,(H,28,29). The molecule has 0 amide bonds. The van der Waals surface area contributed by atoms with Gasteiger partial charge in [-0.1, -0.05) is 30.3 Å². The Morgan fingerprint density at radius 1 is 1.12 bits per heavy atom. The molecule has 0 saturated heterocycles. The lowest BCUT2D eigenvalue weighted by Crippen LogP contribution is -2.41. The summed E-state index contributed by atoms with van der Waals surface area (Å²) in [6, 6.07) is 15.1. The van der Waals surface area contributed by atoms with Crippen molar-refractivity contribution in [2.24, 2.45) is 0 Å². The van der Waals surface area contributed by atoms with Gasteiger partial charge in [0.05, 0.1) is 25.4 Å². The maximum atomic E-state index is 12.8. The molecule has 184 valence electrons. The van der Waals surface area contributed by atoms with Crippen LogP contribution in [-0.4, -0.2) is 56.3 Å². The van der Waals surface area contributed by atoms with Crippen LogP contribution in [0.3, 0.4) is 0 Å².